The van der Waals surface area contributed by atoms with Crippen LogP contribution in [0.15, 0.2) is 23.1 Å². The Balaban J connectivity index is 2.10. The Labute approximate surface area is 98.8 Å². The van der Waals surface area contributed by atoms with E-state index in [-0.39, 0.29) is 11.4 Å². The van der Waals surface area contributed by atoms with Crippen LogP contribution in [-0.4, -0.2) is 16.5 Å². The monoisotopic (exact) mass is 243 g/mol. The molecule has 4 heteroatoms. The highest BCUT2D eigenvalue weighted by Gasteiger charge is 2.26. The Morgan fingerprint density at radius 2 is 2.20 bits per heavy atom. The minimum atomic E-state index is -0.190. The summed E-state index contributed by atoms with van der Waals surface area (Å²) in [7, 11) is 0. The Hall–Kier alpha value is -0.380. The fourth-order valence-corrected chi connectivity index (χ4v) is 3.26. The number of hydrogen-bond donors (Lipinski definition) is 2. The minimum Gasteiger partial charge on any atom is -0.398 e. The first-order chi connectivity index (χ1) is 7.16. The molecule has 0 bridgehead atoms. The molecule has 0 saturated heterocycles. The number of thioether (sulfide) groups is 1. The van der Waals surface area contributed by atoms with Crippen molar-refractivity contribution in [2.75, 3.05) is 5.73 Å². The molecule has 15 heavy (non-hydrogen) atoms. The summed E-state index contributed by atoms with van der Waals surface area (Å²) in [6, 6.07) is 5.51. The molecule has 3 N–H and O–H groups in total. The van der Waals surface area contributed by atoms with Crippen molar-refractivity contribution in [3.63, 3.8) is 0 Å². The first-order valence-electron chi connectivity index (χ1n) is 5.06. The van der Waals surface area contributed by atoms with Gasteiger partial charge in [-0.1, -0.05) is 11.6 Å². The van der Waals surface area contributed by atoms with Gasteiger partial charge < -0.3 is 10.8 Å². The number of halogens is 1. The number of anilines is 1. The van der Waals surface area contributed by atoms with E-state index in [0.717, 1.165) is 24.2 Å². The maximum Gasteiger partial charge on any atom is 0.0662 e. The van der Waals surface area contributed by atoms with Gasteiger partial charge >= 0.3 is 0 Å². The summed E-state index contributed by atoms with van der Waals surface area (Å²) < 4.78 is 0. The maximum atomic E-state index is 9.71. The molecule has 2 nitrogen and oxygen atoms in total. The lowest BCUT2D eigenvalue weighted by atomic mass is 10.3. The van der Waals surface area contributed by atoms with E-state index in [1.54, 1.807) is 17.8 Å². The third-order valence-electron chi connectivity index (χ3n) is 2.67. The average Bonchev–Trinajstić information content (AvgIpc) is 2.57. The molecule has 2 unspecified atom stereocenters. The predicted octanol–water partition coefficient (Wildman–Crippen LogP) is 2.93. The Bertz CT molecular complexity index is 358. The van der Waals surface area contributed by atoms with E-state index in [2.05, 4.69) is 0 Å². The van der Waals surface area contributed by atoms with Gasteiger partial charge in [0.1, 0.15) is 0 Å². The van der Waals surface area contributed by atoms with E-state index in [4.69, 9.17) is 17.3 Å². The van der Waals surface area contributed by atoms with Crippen molar-refractivity contribution >= 4 is 29.1 Å². The molecular formula is C11H14ClNOS. The van der Waals surface area contributed by atoms with Crippen LogP contribution in [0.25, 0.3) is 0 Å². The van der Waals surface area contributed by atoms with Crippen molar-refractivity contribution in [2.45, 2.75) is 35.5 Å². The summed E-state index contributed by atoms with van der Waals surface area (Å²) in [5, 5.41) is 10.6. The lowest BCUT2D eigenvalue weighted by molar-refractivity contribution is 0.188. The van der Waals surface area contributed by atoms with E-state index in [0.29, 0.717) is 10.7 Å². The molecule has 1 aliphatic carbocycles. The topological polar surface area (TPSA) is 46.2 Å². The van der Waals surface area contributed by atoms with E-state index in [1.165, 1.54) is 0 Å². The van der Waals surface area contributed by atoms with Gasteiger partial charge in [-0.05, 0) is 37.5 Å². The molecule has 2 rings (SSSR count). The molecule has 1 saturated carbocycles. The minimum absolute atomic E-state index is 0.190. The van der Waals surface area contributed by atoms with Crippen molar-refractivity contribution in [3.05, 3.63) is 23.2 Å². The van der Waals surface area contributed by atoms with Crippen LogP contribution < -0.4 is 5.73 Å². The Morgan fingerprint density at radius 1 is 1.40 bits per heavy atom. The second-order valence-corrected chi connectivity index (χ2v) is 5.55. The molecule has 0 spiro atoms. The second-order valence-electron chi connectivity index (χ2n) is 3.84. The summed E-state index contributed by atoms with van der Waals surface area (Å²) in [6.07, 6.45) is 2.89. The molecule has 0 radical (unpaired) electrons. The predicted molar refractivity (Wildman–Crippen MR) is 65.4 cm³/mol. The lowest BCUT2D eigenvalue weighted by Crippen LogP contribution is -2.15. The molecule has 1 aromatic carbocycles. The van der Waals surface area contributed by atoms with Crippen LogP contribution in [0, 0.1) is 0 Å². The normalized spacial score (nSPS) is 25.7. The number of rotatable bonds is 2. The van der Waals surface area contributed by atoms with E-state index < -0.39 is 0 Å². The highest BCUT2D eigenvalue weighted by molar-refractivity contribution is 8.00. The van der Waals surface area contributed by atoms with Gasteiger partial charge in [0, 0.05) is 20.9 Å². The van der Waals surface area contributed by atoms with Crippen LogP contribution >= 0.6 is 23.4 Å². The molecule has 0 aliphatic heterocycles. The molecule has 1 aromatic rings. The Kier molecular flexibility index (Phi) is 3.44. The number of hydrogen-bond acceptors (Lipinski definition) is 3. The summed E-state index contributed by atoms with van der Waals surface area (Å²) in [4.78, 5) is 1.02. The van der Waals surface area contributed by atoms with Gasteiger partial charge in [-0.25, -0.2) is 0 Å². The van der Waals surface area contributed by atoms with Gasteiger partial charge in [0.05, 0.1) is 6.10 Å². The van der Waals surface area contributed by atoms with Gasteiger partial charge in [-0.15, -0.1) is 11.8 Å². The molecule has 0 aromatic heterocycles. The van der Waals surface area contributed by atoms with Crippen LogP contribution in [-0.2, 0) is 0 Å². The largest absolute Gasteiger partial charge is 0.398 e. The van der Waals surface area contributed by atoms with Gasteiger partial charge in [0.25, 0.3) is 0 Å². The summed E-state index contributed by atoms with van der Waals surface area (Å²) >= 11 is 7.48. The van der Waals surface area contributed by atoms with E-state index in [1.807, 2.05) is 12.1 Å². The lowest BCUT2D eigenvalue weighted by Gasteiger charge is -2.15. The molecule has 1 fully saturated rings. The SMILES string of the molecule is Nc1cc(Cl)ccc1SC1CCCC1O. The Morgan fingerprint density at radius 3 is 2.80 bits per heavy atom. The number of aliphatic hydroxyl groups excluding tert-OH is 1. The summed E-state index contributed by atoms with van der Waals surface area (Å²) in [5.41, 5.74) is 6.56. The third kappa shape index (κ3) is 2.60. The molecule has 0 amide bonds. The third-order valence-corrected chi connectivity index (χ3v) is 4.38. The fraction of sp³-hybridized carbons (Fsp3) is 0.455. The van der Waals surface area contributed by atoms with Crippen LogP contribution in [0.5, 0.6) is 0 Å². The quantitative estimate of drug-likeness (QED) is 0.786. The number of aliphatic hydroxyl groups is 1. The first-order valence-corrected chi connectivity index (χ1v) is 6.32. The summed E-state index contributed by atoms with van der Waals surface area (Å²) in [6.45, 7) is 0. The smallest absolute Gasteiger partial charge is 0.0662 e. The van der Waals surface area contributed by atoms with Crippen molar-refractivity contribution in [1.82, 2.24) is 0 Å². The maximum absolute atomic E-state index is 9.71. The van der Waals surface area contributed by atoms with Gasteiger partial charge in [0.15, 0.2) is 0 Å². The van der Waals surface area contributed by atoms with Crippen LogP contribution in [0.1, 0.15) is 19.3 Å². The zero-order valence-electron chi connectivity index (χ0n) is 8.32. The highest BCUT2D eigenvalue weighted by Crippen LogP contribution is 2.38. The van der Waals surface area contributed by atoms with Gasteiger partial charge in [-0.3, -0.25) is 0 Å². The summed E-state index contributed by atoms with van der Waals surface area (Å²) in [5.74, 6) is 0. The number of nitrogen functional groups attached to an aromatic ring is 1. The van der Waals surface area contributed by atoms with Crippen molar-refractivity contribution in [2.24, 2.45) is 0 Å². The molecule has 82 valence electrons. The standard InChI is InChI=1S/C11H14ClNOS/c12-7-4-5-10(8(13)6-7)15-11-3-1-2-9(11)14/h4-6,9,11,14H,1-3,13H2. The second kappa shape index (κ2) is 4.64. The van der Waals surface area contributed by atoms with Crippen molar-refractivity contribution in [3.8, 4) is 0 Å². The fourth-order valence-electron chi connectivity index (χ4n) is 1.83. The number of benzene rings is 1. The van der Waals surface area contributed by atoms with E-state index >= 15 is 0 Å². The average molecular weight is 244 g/mol. The first kappa shape index (κ1) is 11.1. The number of nitrogens with two attached hydrogens (primary N) is 1. The van der Waals surface area contributed by atoms with E-state index in [9.17, 15) is 5.11 Å². The van der Waals surface area contributed by atoms with Crippen LogP contribution in [0.2, 0.25) is 5.02 Å². The van der Waals surface area contributed by atoms with Gasteiger partial charge in [0.2, 0.25) is 0 Å². The molecular weight excluding hydrogens is 230 g/mol. The molecule has 1 aliphatic rings. The van der Waals surface area contributed by atoms with Crippen molar-refractivity contribution < 1.29 is 5.11 Å². The van der Waals surface area contributed by atoms with Crippen LogP contribution in [0.3, 0.4) is 0 Å². The van der Waals surface area contributed by atoms with Gasteiger partial charge in [-0.2, -0.15) is 0 Å². The molecule has 0 heterocycles. The van der Waals surface area contributed by atoms with Crippen molar-refractivity contribution in [1.29, 1.82) is 0 Å². The highest BCUT2D eigenvalue weighted by atomic mass is 35.5. The zero-order chi connectivity index (χ0) is 10.8. The molecule has 2 atom stereocenters. The van der Waals surface area contributed by atoms with Crippen LogP contribution in [0.4, 0.5) is 5.69 Å². The zero-order valence-corrected chi connectivity index (χ0v) is 9.89.